The third-order valence-corrected chi connectivity index (χ3v) is 2.90. The molecule has 2 N–H and O–H groups in total. The smallest absolute Gasteiger partial charge is 0.285 e. The summed E-state index contributed by atoms with van der Waals surface area (Å²) >= 11 is 5.76. The van der Waals surface area contributed by atoms with Crippen molar-refractivity contribution in [1.29, 1.82) is 0 Å². The molecule has 0 saturated heterocycles. The summed E-state index contributed by atoms with van der Waals surface area (Å²) in [6.07, 6.45) is 1.69. The second-order valence-corrected chi connectivity index (χ2v) is 4.22. The molecule has 0 aliphatic heterocycles. The highest BCUT2D eigenvalue weighted by molar-refractivity contribution is 6.32. The third kappa shape index (κ3) is 3.29. The summed E-state index contributed by atoms with van der Waals surface area (Å²) in [4.78, 5) is 11.2. The van der Waals surface area contributed by atoms with E-state index in [2.05, 4.69) is 15.5 Å². The second kappa shape index (κ2) is 5.79. The third-order valence-electron chi connectivity index (χ3n) is 2.52. The Hall–Kier alpha value is -1.95. The zero-order valence-corrected chi connectivity index (χ0v) is 10.5. The number of benzene rings is 1. The first-order valence-corrected chi connectivity index (χ1v) is 5.86. The number of nitrogens with zero attached hydrogens (tertiary/aromatic N) is 1. The molecule has 2 aromatic rings. The monoisotopic (exact) mass is 285 g/mol. The maximum Gasteiger partial charge on any atom is 0.285 e. The Morgan fingerprint density at radius 1 is 1.37 bits per heavy atom. The van der Waals surface area contributed by atoms with Crippen molar-refractivity contribution in [2.45, 2.75) is 6.42 Å². The zero-order valence-electron chi connectivity index (χ0n) is 9.71. The van der Waals surface area contributed by atoms with Crippen LogP contribution in [0.4, 0.5) is 14.5 Å². The van der Waals surface area contributed by atoms with Gasteiger partial charge in [-0.2, -0.15) is 5.10 Å². The number of rotatable bonds is 4. The van der Waals surface area contributed by atoms with Crippen LogP contribution < -0.4 is 10.9 Å². The van der Waals surface area contributed by atoms with Crippen LogP contribution in [0.25, 0.3) is 0 Å². The lowest BCUT2D eigenvalue weighted by molar-refractivity contribution is 0.572. The molecule has 0 radical (unpaired) electrons. The zero-order chi connectivity index (χ0) is 13.8. The van der Waals surface area contributed by atoms with Crippen LogP contribution >= 0.6 is 11.6 Å². The quantitative estimate of drug-likeness (QED) is 0.907. The fourth-order valence-corrected chi connectivity index (χ4v) is 1.72. The molecule has 1 heterocycles. The first-order chi connectivity index (χ1) is 9.08. The van der Waals surface area contributed by atoms with Crippen molar-refractivity contribution >= 4 is 17.3 Å². The van der Waals surface area contributed by atoms with Crippen LogP contribution in [0, 0.1) is 11.6 Å². The lowest BCUT2D eigenvalue weighted by atomic mass is 10.1. The summed E-state index contributed by atoms with van der Waals surface area (Å²) in [5.41, 5.74) is 0.246. The van der Waals surface area contributed by atoms with Crippen LogP contribution in [0.1, 0.15) is 5.56 Å². The van der Waals surface area contributed by atoms with Crippen molar-refractivity contribution in [2.24, 2.45) is 0 Å². The number of aromatic amines is 1. The lowest BCUT2D eigenvalue weighted by Gasteiger charge is -2.07. The topological polar surface area (TPSA) is 57.8 Å². The molecule has 0 spiro atoms. The van der Waals surface area contributed by atoms with E-state index in [0.29, 0.717) is 24.2 Å². The van der Waals surface area contributed by atoms with Crippen molar-refractivity contribution < 1.29 is 8.78 Å². The molecule has 0 unspecified atom stereocenters. The number of nitrogens with one attached hydrogen (secondary N) is 2. The van der Waals surface area contributed by atoms with Crippen LogP contribution in [0.2, 0.25) is 5.02 Å². The van der Waals surface area contributed by atoms with E-state index in [1.165, 1.54) is 18.3 Å². The van der Waals surface area contributed by atoms with Gasteiger partial charge in [0.1, 0.15) is 16.7 Å². The predicted molar refractivity (Wildman–Crippen MR) is 68.4 cm³/mol. The van der Waals surface area contributed by atoms with E-state index in [1.807, 2.05) is 0 Å². The van der Waals surface area contributed by atoms with E-state index in [1.54, 1.807) is 0 Å². The van der Waals surface area contributed by atoms with Crippen LogP contribution in [-0.2, 0) is 6.42 Å². The summed E-state index contributed by atoms with van der Waals surface area (Å²) in [6, 6.07) is 3.40. The Morgan fingerprint density at radius 2 is 2.16 bits per heavy atom. The molecule has 7 heteroatoms. The van der Waals surface area contributed by atoms with Gasteiger partial charge >= 0.3 is 0 Å². The van der Waals surface area contributed by atoms with Crippen LogP contribution in [0.3, 0.4) is 0 Å². The minimum absolute atomic E-state index is 0.00502. The summed E-state index contributed by atoms with van der Waals surface area (Å²) in [5, 5.41) is 8.64. The van der Waals surface area contributed by atoms with Crippen molar-refractivity contribution in [3.8, 4) is 0 Å². The van der Waals surface area contributed by atoms with Gasteiger partial charge in [-0.25, -0.2) is 13.9 Å². The van der Waals surface area contributed by atoms with E-state index in [9.17, 15) is 13.6 Å². The average Bonchev–Trinajstić information content (AvgIpc) is 2.37. The van der Waals surface area contributed by atoms with Crippen molar-refractivity contribution in [1.82, 2.24) is 10.2 Å². The molecule has 1 aromatic heterocycles. The number of H-pyrrole nitrogens is 1. The molecule has 19 heavy (non-hydrogen) atoms. The standard InChI is InChI=1S/C12H10ClF2N3O/c13-11-10(6-17-18-12(11)19)16-4-3-7-1-2-8(14)5-9(7)15/h1-2,5-6H,3-4H2,(H2,16,18,19). The lowest BCUT2D eigenvalue weighted by Crippen LogP contribution is -2.13. The van der Waals surface area contributed by atoms with Gasteiger partial charge in [-0.15, -0.1) is 0 Å². The maximum atomic E-state index is 13.4. The second-order valence-electron chi connectivity index (χ2n) is 3.84. The Bertz CT molecular complexity index is 645. The Labute approximate surface area is 112 Å². The average molecular weight is 286 g/mol. The van der Waals surface area contributed by atoms with Crippen LogP contribution in [0.5, 0.6) is 0 Å². The molecule has 0 aliphatic rings. The fourth-order valence-electron chi connectivity index (χ4n) is 1.56. The molecular formula is C12H10ClF2N3O. The largest absolute Gasteiger partial charge is 0.382 e. The molecule has 100 valence electrons. The van der Waals surface area contributed by atoms with Gasteiger partial charge in [0.2, 0.25) is 0 Å². The predicted octanol–water partition coefficient (Wildman–Crippen LogP) is 2.36. The van der Waals surface area contributed by atoms with Crippen molar-refractivity contribution in [3.05, 3.63) is 57.0 Å². The van der Waals surface area contributed by atoms with Gasteiger partial charge in [0.05, 0.1) is 11.9 Å². The molecule has 0 saturated carbocycles. The maximum absolute atomic E-state index is 13.4. The van der Waals surface area contributed by atoms with Crippen molar-refractivity contribution in [2.75, 3.05) is 11.9 Å². The molecule has 0 bridgehead atoms. The Kier molecular flexibility index (Phi) is 4.11. The van der Waals surface area contributed by atoms with Gasteiger partial charge in [-0.3, -0.25) is 4.79 Å². The number of hydrogen-bond donors (Lipinski definition) is 2. The minimum atomic E-state index is -0.615. The number of halogens is 3. The number of aromatic nitrogens is 2. The van der Waals surface area contributed by atoms with Crippen LogP contribution in [-0.4, -0.2) is 16.7 Å². The van der Waals surface area contributed by atoms with Crippen LogP contribution in [0.15, 0.2) is 29.2 Å². The molecule has 4 nitrogen and oxygen atoms in total. The van der Waals surface area contributed by atoms with E-state index in [4.69, 9.17) is 11.6 Å². The molecule has 2 rings (SSSR count). The SMILES string of the molecule is O=c1[nH]ncc(NCCc2ccc(F)cc2F)c1Cl. The van der Waals surface area contributed by atoms with Gasteiger partial charge in [0.25, 0.3) is 5.56 Å². The highest BCUT2D eigenvalue weighted by Crippen LogP contribution is 2.15. The Balaban J connectivity index is 2.00. The van der Waals surface area contributed by atoms with Gasteiger partial charge < -0.3 is 5.32 Å². The number of hydrogen-bond acceptors (Lipinski definition) is 3. The van der Waals surface area contributed by atoms with Gasteiger partial charge in [-0.05, 0) is 18.1 Å². The summed E-state index contributed by atoms with van der Waals surface area (Å²) < 4.78 is 26.1. The van der Waals surface area contributed by atoms with Gasteiger partial charge in [-0.1, -0.05) is 17.7 Å². The van der Waals surface area contributed by atoms with Gasteiger partial charge in [0, 0.05) is 12.6 Å². The first-order valence-electron chi connectivity index (χ1n) is 5.49. The van der Waals surface area contributed by atoms with E-state index in [0.717, 1.165) is 6.07 Å². The first kappa shape index (κ1) is 13.5. The van der Waals surface area contributed by atoms with Gasteiger partial charge in [0.15, 0.2) is 0 Å². The Morgan fingerprint density at radius 3 is 2.89 bits per heavy atom. The molecular weight excluding hydrogens is 276 g/mol. The van der Waals surface area contributed by atoms with Crippen molar-refractivity contribution in [3.63, 3.8) is 0 Å². The molecule has 0 atom stereocenters. The van der Waals surface area contributed by atoms with E-state index in [-0.39, 0.29) is 5.02 Å². The normalized spacial score (nSPS) is 10.5. The molecule has 0 fully saturated rings. The molecule has 0 amide bonds. The van der Waals surface area contributed by atoms with E-state index < -0.39 is 17.2 Å². The summed E-state index contributed by atoms with van der Waals surface area (Å²) in [5.74, 6) is -1.21. The highest BCUT2D eigenvalue weighted by atomic mass is 35.5. The highest BCUT2D eigenvalue weighted by Gasteiger charge is 2.06. The molecule has 1 aromatic carbocycles. The van der Waals surface area contributed by atoms with E-state index >= 15 is 0 Å². The molecule has 0 aliphatic carbocycles. The summed E-state index contributed by atoms with van der Waals surface area (Å²) in [6.45, 7) is 0.341. The minimum Gasteiger partial charge on any atom is -0.382 e. The fraction of sp³-hybridized carbons (Fsp3) is 0.167. The number of anilines is 1. The summed E-state index contributed by atoms with van der Waals surface area (Å²) in [7, 11) is 0.